The average Bonchev–Trinajstić information content (AvgIpc) is 3.20. The van der Waals surface area contributed by atoms with Crippen molar-refractivity contribution in [1.82, 2.24) is 30.0 Å². The lowest BCUT2D eigenvalue weighted by Crippen LogP contribution is -2.43. The lowest BCUT2D eigenvalue weighted by molar-refractivity contribution is 0.414. The fourth-order valence-electron chi connectivity index (χ4n) is 3.45. The van der Waals surface area contributed by atoms with Crippen LogP contribution >= 0.6 is 11.3 Å². The van der Waals surface area contributed by atoms with Gasteiger partial charge >= 0.3 is 0 Å². The van der Waals surface area contributed by atoms with Crippen molar-refractivity contribution in [3.63, 3.8) is 0 Å². The number of hydrogen-bond donors (Lipinski definition) is 1. The van der Waals surface area contributed by atoms with Crippen LogP contribution < -0.4 is 10.2 Å². The predicted octanol–water partition coefficient (Wildman–Crippen LogP) is 1.93. The third-order valence-corrected chi connectivity index (χ3v) is 5.77. The van der Waals surface area contributed by atoms with Gasteiger partial charge < -0.3 is 10.2 Å². The first-order chi connectivity index (χ1) is 12.2. The normalized spacial score (nSPS) is 16.0. The average molecular weight is 357 g/mol. The first-order valence-electron chi connectivity index (χ1n) is 8.73. The molecule has 0 spiro atoms. The number of aromatic nitrogens is 5. The Morgan fingerprint density at radius 2 is 2.04 bits per heavy atom. The van der Waals surface area contributed by atoms with Crippen LogP contribution in [0.25, 0.3) is 10.2 Å². The molecule has 3 aromatic heterocycles. The highest BCUT2D eigenvalue weighted by Gasteiger charge is 2.22. The number of piperidine rings is 1. The van der Waals surface area contributed by atoms with Gasteiger partial charge in [0.25, 0.3) is 0 Å². The Hall–Kier alpha value is -2.06. The van der Waals surface area contributed by atoms with E-state index in [4.69, 9.17) is 0 Å². The Kier molecular flexibility index (Phi) is 4.63. The molecule has 7 nitrogen and oxygen atoms in total. The molecule has 0 saturated carbocycles. The van der Waals surface area contributed by atoms with Crippen molar-refractivity contribution in [1.29, 1.82) is 0 Å². The lowest BCUT2D eigenvalue weighted by atomic mass is 10.0. The zero-order chi connectivity index (χ0) is 17.2. The van der Waals surface area contributed by atoms with E-state index in [1.165, 1.54) is 10.3 Å². The quantitative estimate of drug-likeness (QED) is 0.752. The third kappa shape index (κ3) is 3.50. The number of fused-ring (bicyclic) bond motifs is 1. The second-order valence-electron chi connectivity index (χ2n) is 6.54. The van der Waals surface area contributed by atoms with Gasteiger partial charge in [0.05, 0.1) is 5.39 Å². The van der Waals surface area contributed by atoms with Crippen LogP contribution in [-0.2, 0) is 13.5 Å². The van der Waals surface area contributed by atoms with E-state index < -0.39 is 0 Å². The topological polar surface area (TPSA) is 71.8 Å². The van der Waals surface area contributed by atoms with Gasteiger partial charge in [-0.15, -0.1) is 11.3 Å². The standard InChI is InChI=1S/C17H23N7S/c1-12-9-14-16(20-10-21-17(14)25-12)24-7-4-13(5-8-24)18-6-3-15-19-11-22-23(15)2/h9-11,13,18H,3-8H2,1-2H3. The van der Waals surface area contributed by atoms with E-state index in [0.717, 1.165) is 55.4 Å². The Balaban J connectivity index is 1.32. The largest absolute Gasteiger partial charge is 0.356 e. The second kappa shape index (κ2) is 7.05. The van der Waals surface area contributed by atoms with E-state index >= 15 is 0 Å². The predicted molar refractivity (Wildman–Crippen MR) is 100 cm³/mol. The number of aryl methyl sites for hydroxylation is 2. The van der Waals surface area contributed by atoms with Crippen LogP contribution in [0.1, 0.15) is 23.5 Å². The number of hydrogen-bond acceptors (Lipinski definition) is 7. The number of nitrogens with one attached hydrogen (secondary N) is 1. The molecule has 1 N–H and O–H groups in total. The van der Waals surface area contributed by atoms with Gasteiger partial charge in [-0.1, -0.05) is 0 Å². The summed E-state index contributed by atoms with van der Waals surface area (Å²) in [4.78, 5) is 18.0. The maximum Gasteiger partial charge on any atom is 0.140 e. The van der Waals surface area contributed by atoms with Gasteiger partial charge in [-0.25, -0.2) is 15.0 Å². The number of nitrogens with zero attached hydrogens (tertiary/aromatic N) is 6. The highest BCUT2D eigenvalue weighted by atomic mass is 32.1. The van der Waals surface area contributed by atoms with E-state index in [-0.39, 0.29) is 0 Å². The summed E-state index contributed by atoms with van der Waals surface area (Å²) in [7, 11) is 1.94. The van der Waals surface area contributed by atoms with Crippen LogP contribution in [0, 0.1) is 6.92 Å². The molecule has 0 amide bonds. The highest BCUT2D eigenvalue weighted by Crippen LogP contribution is 2.31. The molecular formula is C17H23N7S. The van der Waals surface area contributed by atoms with Crippen molar-refractivity contribution in [3.8, 4) is 0 Å². The van der Waals surface area contributed by atoms with Crippen LogP contribution in [0.4, 0.5) is 5.82 Å². The minimum atomic E-state index is 0.561. The first-order valence-corrected chi connectivity index (χ1v) is 9.54. The van der Waals surface area contributed by atoms with Crippen LogP contribution in [0.5, 0.6) is 0 Å². The molecule has 0 unspecified atom stereocenters. The van der Waals surface area contributed by atoms with Crippen molar-refractivity contribution in [2.75, 3.05) is 24.5 Å². The molecular weight excluding hydrogens is 334 g/mol. The summed E-state index contributed by atoms with van der Waals surface area (Å²) >= 11 is 1.74. The van der Waals surface area contributed by atoms with Crippen LogP contribution in [0.2, 0.25) is 0 Å². The fraction of sp³-hybridized carbons (Fsp3) is 0.529. The molecule has 0 atom stereocenters. The summed E-state index contributed by atoms with van der Waals surface area (Å²) in [6, 6.07) is 2.77. The Bertz CT molecular complexity index is 848. The molecule has 1 aliphatic heterocycles. The molecule has 1 aliphatic rings. The molecule has 8 heteroatoms. The van der Waals surface area contributed by atoms with E-state index in [0.29, 0.717) is 6.04 Å². The number of anilines is 1. The van der Waals surface area contributed by atoms with Crippen molar-refractivity contribution in [2.45, 2.75) is 32.2 Å². The molecule has 4 rings (SSSR count). The summed E-state index contributed by atoms with van der Waals surface area (Å²) in [5.74, 6) is 2.12. The van der Waals surface area contributed by atoms with Crippen LogP contribution in [0.3, 0.4) is 0 Å². The molecule has 1 saturated heterocycles. The summed E-state index contributed by atoms with van der Waals surface area (Å²) in [6.07, 6.45) is 6.49. The molecule has 0 aliphatic carbocycles. The molecule has 0 radical (unpaired) electrons. The van der Waals surface area contributed by atoms with Crippen molar-refractivity contribution in [2.24, 2.45) is 7.05 Å². The summed E-state index contributed by atoms with van der Waals surface area (Å²) in [5, 5.41) is 8.97. The highest BCUT2D eigenvalue weighted by molar-refractivity contribution is 7.18. The van der Waals surface area contributed by atoms with E-state index in [1.807, 2.05) is 11.7 Å². The van der Waals surface area contributed by atoms with Gasteiger partial charge in [0.1, 0.15) is 29.1 Å². The van der Waals surface area contributed by atoms with Crippen LogP contribution in [0.15, 0.2) is 18.7 Å². The maximum atomic E-state index is 4.56. The number of rotatable bonds is 5. The minimum absolute atomic E-state index is 0.561. The monoisotopic (exact) mass is 357 g/mol. The van der Waals surface area contributed by atoms with Crippen LogP contribution in [-0.4, -0.2) is 50.4 Å². The summed E-state index contributed by atoms with van der Waals surface area (Å²) in [5.41, 5.74) is 0. The zero-order valence-corrected chi connectivity index (χ0v) is 15.5. The third-order valence-electron chi connectivity index (χ3n) is 4.81. The fourth-order valence-corrected chi connectivity index (χ4v) is 4.29. The van der Waals surface area contributed by atoms with Gasteiger partial charge in [-0.05, 0) is 25.8 Å². The van der Waals surface area contributed by atoms with Crippen molar-refractivity contribution >= 4 is 27.4 Å². The lowest BCUT2D eigenvalue weighted by Gasteiger charge is -2.33. The van der Waals surface area contributed by atoms with Gasteiger partial charge in [0.2, 0.25) is 0 Å². The summed E-state index contributed by atoms with van der Waals surface area (Å²) in [6.45, 7) is 5.13. The van der Waals surface area contributed by atoms with Crippen molar-refractivity contribution < 1.29 is 0 Å². The van der Waals surface area contributed by atoms with E-state index in [2.05, 4.69) is 43.3 Å². The van der Waals surface area contributed by atoms with Gasteiger partial charge in [-0.2, -0.15) is 5.10 Å². The molecule has 0 bridgehead atoms. The smallest absolute Gasteiger partial charge is 0.140 e. The first kappa shape index (κ1) is 16.4. The molecule has 1 fully saturated rings. The second-order valence-corrected chi connectivity index (χ2v) is 7.77. The molecule has 132 valence electrons. The number of thiophene rings is 1. The zero-order valence-electron chi connectivity index (χ0n) is 14.6. The van der Waals surface area contributed by atoms with Crippen molar-refractivity contribution in [3.05, 3.63) is 29.4 Å². The van der Waals surface area contributed by atoms with Gasteiger partial charge in [-0.3, -0.25) is 4.68 Å². The minimum Gasteiger partial charge on any atom is -0.356 e. The van der Waals surface area contributed by atoms with E-state index in [1.54, 1.807) is 24.0 Å². The molecule has 4 heterocycles. The molecule has 3 aromatic rings. The Labute approximate surface area is 151 Å². The summed E-state index contributed by atoms with van der Waals surface area (Å²) < 4.78 is 1.84. The Morgan fingerprint density at radius 1 is 1.20 bits per heavy atom. The molecule has 0 aromatic carbocycles. The van der Waals surface area contributed by atoms with Gasteiger partial charge in [0, 0.05) is 44.0 Å². The molecule has 25 heavy (non-hydrogen) atoms. The maximum absolute atomic E-state index is 4.56. The van der Waals surface area contributed by atoms with E-state index in [9.17, 15) is 0 Å². The SMILES string of the molecule is Cc1cc2c(N3CCC(NCCc4ncnn4C)CC3)ncnc2s1. The van der Waals surface area contributed by atoms with Gasteiger partial charge in [0.15, 0.2) is 0 Å². The Morgan fingerprint density at radius 3 is 2.80 bits per heavy atom.